The summed E-state index contributed by atoms with van der Waals surface area (Å²) in [4.78, 5) is 23.1. The van der Waals surface area contributed by atoms with Crippen molar-refractivity contribution in [3.8, 4) is 0 Å². The smallest absolute Gasteiger partial charge is 0.408 e. The van der Waals surface area contributed by atoms with Crippen LogP contribution in [0.25, 0.3) is 0 Å². The fourth-order valence-electron chi connectivity index (χ4n) is 2.32. The van der Waals surface area contributed by atoms with Crippen molar-refractivity contribution in [1.29, 1.82) is 0 Å². The molecule has 23 heavy (non-hydrogen) atoms. The third kappa shape index (κ3) is 7.17. The Balaban J connectivity index is 2.67. The zero-order valence-electron chi connectivity index (χ0n) is 14.4. The number of nitrogens with one attached hydrogen (secondary N) is 1. The average molecular weight is 321 g/mol. The number of alkyl carbamates (subject to hydrolysis) is 1. The van der Waals surface area contributed by atoms with Crippen LogP contribution in [0.1, 0.15) is 51.7 Å². The Kier molecular flexibility index (Phi) is 7.07. The van der Waals surface area contributed by atoms with E-state index >= 15 is 0 Å². The first kappa shape index (κ1) is 19.0. The molecule has 0 aliphatic heterocycles. The Morgan fingerprint density at radius 1 is 1.17 bits per heavy atom. The predicted molar refractivity (Wildman–Crippen MR) is 89.6 cm³/mol. The van der Waals surface area contributed by atoms with Gasteiger partial charge < -0.3 is 15.2 Å². The molecular weight excluding hydrogens is 294 g/mol. The molecule has 0 fully saturated rings. The highest BCUT2D eigenvalue weighted by Gasteiger charge is 2.23. The molecule has 1 amide bonds. The van der Waals surface area contributed by atoms with Crippen LogP contribution in [0.5, 0.6) is 0 Å². The monoisotopic (exact) mass is 321 g/mol. The molecule has 0 bridgehead atoms. The Labute approximate surface area is 138 Å². The number of hydrogen-bond donors (Lipinski definition) is 2. The van der Waals surface area contributed by atoms with Crippen LogP contribution >= 0.6 is 0 Å². The van der Waals surface area contributed by atoms with Crippen LogP contribution in [0.3, 0.4) is 0 Å². The van der Waals surface area contributed by atoms with Crippen molar-refractivity contribution in [3.63, 3.8) is 0 Å². The van der Waals surface area contributed by atoms with Gasteiger partial charge in [-0.25, -0.2) is 9.59 Å². The molecular formula is C18H27NO4. The van der Waals surface area contributed by atoms with Crippen LogP contribution in [-0.2, 0) is 22.4 Å². The SMILES string of the molecule is CCCc1ccccc1CCC(NC(=O)OC(C)(C)C)C(=O)O. The number of benzene rings is 1. The summed E-state index contributed by atoms with van der Waals surface area (Å²) in [6, 6.07) is 7.06. The largest absolute Gasteiger partial charge is 0.480 e. The number of aryl methyl sites for hydroxylation is 2. The zero-order chi connectivity index (χ0) is 17.5. The molecule has 0 saturated heterocycles. The summed E-state index contributed by atoms with van der Waals surface area (Å²) in [5, 5.41) is 11.7. The van der Waals surface area contributed by atoms with Crippen LogP contribution in [0.15, 0.2) is 24.3 Å². The van der Waals surface area contributed by atoms with E-state index < -0.39 is 23.7 Å². The van der Waals surface area contributed by atoms with Gasteiger partial charge in [-0.15, -0.1) is 0 Å². The fraction of sp³-hybridized carbons (Fsp3) is 0.556. The number of carbonyl (C=O) groups is 2. The number of carboxylic acid groups (broad SMARTS) is 1. The van der Waals surface area contributed by atoms with Crippen LogP contribution in [0, 0.1) is 0 Å². The Morgan fingerprint density at radius 2 is 1.74 bits per heavy atom. The summed E-state index contributed by atoms with van der Waals surface area (Å²) < 4.78 is 5.12. The number of amides is 1. The molecule has 0 radical (unpaired) electrons. The number of hydrogen-bond acceptors (Lipinski definition) is 3. The van der Waals surface area contributed by atoms with Gasteiger partial charge in [0.15, 0.2) is 0 Å². The summed E-state index contributed by atoms with van der Waals surface area (Å²) >= 11 is 0. The number of ether oxygens (including phenoxy) is 1. The van der Waals surface area contributed by atoms with E-state index in [1.165, 1.54) is 5.56 Å². The van der Waals surface area contributed by atoms with Gasteiger partial charge in [-0.05, 0) is 51.2 Å². The molecule has 0 aromatic heterocycles. The van der Waals surface area contributed by atoms with Crippen molar-refractivity contribution in [3.05, 3.63) is 35.4 Å². The first-order valence-electron chi connectivity index (χ1n) is 8.02. The molecule has 1 atom stereocenters. The highest BCUT2D eigenvalue weighted by Crippen LogP contribution is 2.15. The molecule has 0 saturated carbocycles. The van der Waals surface area contributed by atoms with Crippen molar-refractivity contribution in [2.75, 3.05) is 0 Å². The van der Waals surface area contributed by atoms with Crippen LogP contribution in [-0.4, -0.2) is 28.8 Å². The minimum absolute atomic E-state index is 0.329. The molecule has 1 aromatic carbocycles. The lowest BCUT2D eigenvalue weighted by Gasteiger charge is -2.22. The molecule has 1 rings (SSSR count). The van der Waals surface area contributed by atoms with Gasteiger partial charge in [0.2, 0.25) is 0 Å². The molecule has 5 nitrogen and oxygen atoms in total. The number of rotatable bonds is 7. The standard InChI is InChI=1S/C18H27NO4/c1-5-8-13-9-6-7-10-14(13)11-12-15(16(20)21)19-17(22)23-18(2,3)4/h6-7,9-10,15H,5,8,11-12H2,1-4H3,(H,19,22)(H,20,21). The van der Waals surface area contributed by atoms with Crippen LogP contribution in [0.4, 0.5) is 4.79 Å². The maximum atomic E-state index is 11.8. The maximum Gasteiger partial charge on any atom is 0.408 e. The van der Waals surface area contributed by atoms with E-state index in [1.807, 2.05) is 18.2 Å². The van der Waals surface area contributed by atoms with E-state index in [0.29, 0.717) is 12.8 Å². The summed E-state index contributed by atoms with van der Waals surface area (Å²) in [5.41, 5.74) is 1.71. The molecule has 128 valence electrons. The molecule has 0 aliphatic rings. The molecule has 0 heterocycles. The molecule has 5 heteroatoms. The Bertz CT molecular complexity index is 534. The summed E-state index contributed by atoms with van der Waals surface area (Å²) in [6.45, 7) is 7.33. The predicted octanol–water partition coefficient (Wildman–Crippen LogP) is 3.55. The third-order valence-corrected chi connectivity index (χ3v) is 3.33. The summed E-state index contributed by atoms with van der Waals surface area (Å²) in [6.07, 6.45) is 2.23. The second kappa shape index (κ2) is 8.56. The normalized spacial score (nSPS) is 12.5. The summed E-state index contributed by atoms with van der Waals surface area (Å²) in [7, 11) is 0. The lowest BCUT2D eigenvalue weighted by Crippen LogP contribution is -2.43. The summed E-state index contributed by atoms with van der Waals surface area (Å²) in [5.74, 6) is -1.05. The molecule has 0 spiro atoms. The molecule has 1 unspecified atom stereocenters. The minimum atomic E-state index is -1.05. The van der Waals surface area contributed by atoms with Gasteiger partial charge in [-0.2, -0.15) is 0 Å². The van der Waals surface area contributed by atoms with Crippen LogP contribution in [0.2, 0.25) is 0 Å². The van der Waals surface area contributed by atoms with Crippen molar-refractivity contribution < 1.29 is 19.4 Å². The van der Waals surface area contributed by atoms with Crippen molar-refractivity contribution in [2.45, 2.75) is 65.0 Å². The fourth-order valence-corrected chi connectivity index (χ4v) is 2.32. The first-order valence-corrected chi connectivity index (χ1v) is 8.02. The van der Waals surface area contributed by atoms with E-state index in [0.717, 1.165) is 18.4 Å². The quantitative estimate of drug-likeness (QED) is 0.805. The maximum absolute atomic E-state index is 11.8. The number of carboxylic acids is 1. The van der Waals surface area contributed by atoms with E-state index in [4.69, 9.17) is 4.74 Å². The van der Waals surface area contributed by atoms with E-state index in [1.54, 1.807) is 20.8 Å². The second-order valence-corrected chi connectivity index (χ2v) is 6.59. The number of carbonyl (C=O) groups excluding carboxylic acids is 1. The Hall–Kier alpha value is -2.04. The first-order chi connectivity index (χ1) is 10.7. The van der Waals surface area contributed by atoms with Crippen molar-refractivity contribution in [1.82, 2.24) is 5.32 Å². The molecule has 1 aromatic rings. The van der Waals surface area contributed by atoms with Gasteiger partial charge in [-0.1, -0.05) is 37.6 Å². The minimum Gasteiger partial charge on any atom is -0.480 e. The lowest BCUT2D eigenvalue weighted by molar-refractivity contribution is -0.139. The highest BCUT2D eigenvalue weighted by molar-refractivity contribution is 5.80. The highest BCUT2D eigenvalue weighted by atomic mass is 16.6. The van der Waals surface area contributed by atoms with E-state index in [9.17, 15) is 14.7 Å². The van der Waals surface area contributed by atoms with Crippen molar-refractivity contribution in [2.24, 2.45) is 0 Å². The van der Waals surface area contributed by atoms with Gasteiger partial charge in [0.1, 0.15) is 11.6 Å². The van der Waals surface area contributed by atoms with Gasteiger partial charge in [-0.3, -0.25) is 0 Å². The van der Waals surface area contributed by atoms with Crippen LogP contribution < -0.4 is 5.32 Å². The molecule has 2 N–H and O–H groups in total. The topological polar surface area (TPSA) is 75.6 Å². The zero-order valence-corrected chi connectivity index (χ0v) is 14.4. The van der Waals surface area contributed by atoms with Gasteiger partial charge in [0, 0.05) is 0 Å². The molecule has 0 aliphatic carbocycles. The van der Waals surface area contributed by atoms with Gasteiger partial charge in [0.05, 0.1) is 0 Å². The van der Waals surface area contributed by atoms with E-state index in [2.05, 4.69) is 18.3 Å². The average Bonchev–Trinajstić information content (AvgIpc) is 2.43. The third-order valence-electron chi connectivity index (χ3n) is 3.33. The van der Waals surface area contributed by atoms with Crippen molar-refractivity contribution >= 4 is 12.1 Å². The lowest BCUT2D eigenvalue weighted by atomic mass is 9.97. The van der Waals surface area contributed by atoms with Gasteiger partial charge in [0.25, 0.3) is 0 Å². The second-order valence-electron chi connectivity index (χ2n) is 6.59. The Morgan fingerprint density at radius 3 is 2.22 bits per heavy atom. The van der Waals surface area contributed by atoms with E-state index in [-0.39, 0.29) is 0 Å². The number of aliphatic carboxylic acids is 1. The van der Waals surface area contributed by atoms with Gasteiger partial charge >= 0.3 is 12.1 Å².